The lowest BCUT2D eigenvalue weighted by Crippen LogP contribution is -2.14. The largest absolute Gasteiger partial charge is 0.495 e. The maximum Gasteiger partial charge on any atom is 0.306 e. The van der Waals surface area contributed by atoms with Crippen LogP contribution in [0.25, 0.3) is 0 Å². The number of hydrogen-bond donors (Lipinski definition) is 0. The first-order valence-electron chi connectivity index (χ1n) is 7.97. The van der Waals surface area contributed by atoms with Gasteiger partial charge in [-0.1, -0.05) is 33.1 Å². The highest BCUT2D eigenvalue weighted by Crippen LogP contribution is 2.28. The van der Waals surface area contributed by atoms with Crippen LogP contribution in [-0.4, -0.2) is 30.4 Å². The van der Waals surface area contributed by atoms with Gasteiger partial charge in [0.1, 0.15) is 5.75 Å². The number of thioether (sulfide) groups is 1. The van der Waals surface area contributed by atoms with E-state index in [1.54, 1.807) is 31.3 Å². The minimum absolute atomic E-state index is 0.120. The van der Waals surface area contributed by atoms with E-state index in [1.807, 2.05) is 6.07 Å². The van der Waals surface area contributed by atoms with Crippen molar-refractivity contribution in [3.63, 3.8) is 0 Å². The van der Waals surface area contributed by atoms with Crippen LogP contribution in [0.3, 0.4) is 0 Å². The fraction of sp³-hybridized carbons (Fsp3) is 0.647. The van der Waals surface area contributed by atoms with Crippen molar-refractivity contribution in [1.29, 1.82) is 0 Å². The molecule has 0 radical (unpaired) electrons. The van der Waals surface area contributed by atoms with Gasteiger partial charge < -0.3 is 9.47 Å². The van der Waals surface area contributed by atoms with Crippen molar-refractivity contribution in [3.05, 3.63) is 18.5 Å². The Morgan fingerprint density at radius 3 is 2.91 bits per heavy atom. The monoisotopic (exact) mass is 325 g/mol. The molecule has 124 valence electrons. The van der Waals surface area contributed by atoms with Crippen LogP contribution in [0.5, 0.6) is 5.75 Å². The van der Waals surface area contributed by atoms with E-state index in [9.17, 15) is 4.79 Å². The molecular weight excluding hydrogens is 298 g/mol. The molecule has 4 nitrogen and oxygen atoms in total. The third-order valence-electron chi connectivity index (χ3n) is 3.55. The Hall–Kier alpha value is -1.23. The van der Waals surface area contributed by atoms with Gasteiger partial charge in [-0.25, -0.2) is 0 Å². The number of pyridine rings is 1. The van der Waals surface area contributed by atoms with E-state index in [0.29, 0.717) is 24.7 Å². The topological polar surface area (TPSA) is 48.4 Å². The molecule has 5 heteroatoms. The van der Waals surface area contributed by atoms with Gasteiger partial charge in [0.2, 0.25) is 0 Å². The molecule has 22 heavy (non-hydrogen) atoms. The van der Waals surface area contributed by atoms with Gasteiger partial charge in [-0.05, 0) is 18.4 Å². The molecule has 1 aromatic heterocycles. The van der Waals surface area contributed by atoms with Crippen LogP contribution in [0.1, 0.15) is 46.0 Å². The van der Waals surface area contributed by atoms with Crippen molar-refractivity contribution in [2.45, 2.75) is 50.8 Å². The number of methoxy groups -OCH3 is 1. The Balaban J connectivity index is 2.25. The van der Waals surface area contributed by atoms with Crippen molar-refractivity contribution in [1.82, 2.24) is 4.98 Å². The average Bonchev–Trinajstić information content (AvgIpc) is 2.55. The smallest absolute Gasteiger partial charge is 0.306 e. The number of carbonyl (C=O) groups excluding carboxylic acids is 1. The molecule has 1 rings (SSSR count). The predicted molar refractivity (Wildman–Crippen MR) is 90.4 cm³/mol. The maximum absolute atomic E-state index is 11.8. The van der Waals surface area contributed by atoms with Crippen molar-refractivity contribution < 1.29 is 14.3 Å². The van der Waals surface area contributed by atoms with Crippen molar-refractivity contribution in [2.24, 2.45) is 5.92 Å². The van der Waals surface area contributed by atoms with E-state index in [-0.39, 0.29) is 5.97 Å². The predicted octanol–water partition coefficient (Wildman–Crippen LogP) is 4.33. The summed E-state index contributed by atoms with van der Waals surface area (Å²) in [6, 6.07) is 1.82. The highest BCUT2D eigenvalue weighted by molar-refractivity contribution is 7.99. The Labute approximate surface area is 138 Å². The number of hydrogen-bond acceptors (Lipinski definition) is 5. The number of rotatable bonds is 11. The van der Waals surface area contributed by atoms with Gasteiger partial charge in [0.25, 0.3) is 0 Å². The molecule has 1 atom stereocenters. The summed E-state index contributed by atoms with van der Waals surface area (Å²) >= 11 is 1.57. The number of ether oxygens (including phenoxy) is 2. The number of aromatic nitrogens is 1. The maximum atomic E-state index is 11.8. The molecule has 0 amide bonds. The zero-order valence-corrected chi connectivity index (χ0v) is 14.7. The van der Waals surface area contributed by atoms with Crippen LogP contribution in [0.2, 0.25) is 0 Å². The third kappa shape index (κ3) is 7.16. The van der Waals surface area contributed by atoms with Crippen LogP contribution in [-0.2, 0) is 9.53 Å². The Morgan fingerprint density at radius 2 is 2.23 bits per heavy atom. The molecule has 0 aliphatic rings. The summed E-state index contributed by atoms with van der Waals surface area (Å²) < 4.78 is 10.6. The quantitative estimate of drug-likeness (QED) is 0.447. The first kappa shape index (κ1) is 18.8. The average molecular weight is 325 g/mol. The molecule has 0 spiro atoms. The lowest BCUT2D eigenvalue weighted by atomic mass is 10.0. The molecule has 0 aromatic carbocycles. The van der Waals surface area contributed by atoms with Crippen LogP contribution >= 0.6 is 11.8 Å². The SMILES string of the molecule is CCCCC(CC)COC(=O)CCSc1cnccc1OC. The van der Waals surface area contributed by atoms with Crippen LogP contribution < -0.4 is 4.74 Å². The van der Waals surface area contributed by atoms with Crippen LogP contribution in [0.15, 0.2) is 23.4 Å². The second-order valence-electron chi connectivity index (χ2n) is 5.22. The summed E-state index contributed by atoms with van der Waals surface area (Å²) in [6.07, 6.45) is 8.45. The number of esters is 1. The van der Waals surface area contributed by atoms with E-state index < -0.39 is 0 Å². The molecule has 1 aromatic rings. The van der Waals surface area contributed by atoms with Gasteiger partial charge in [-0.2, -0.15) is 0 Å². The number of nitrogens with zero attached hydrogens (tertiary/aromatic N) is 1. The van der Waals surface area contributed by atoms with Gasteiger partial charge in [-0.3, -0.25) is 9.78 Å². The molecule has 1 heterocycles. The summed E-state index contributed by atoms with van der Waals surface area (Å²) in [5.74, 6) is 1.84. The minimum atomic E-state index is -0.120. The summed E-state index contributed by atoms with van der Waals surface area (Å²) in [5, 5.41) is 0. The zero-order chi connectivity index (χ0) is 16.2. The first-order valence-corrected chi connectivity index (χ1v) is 8.96. The van der Waals surface area contributed by atoms with Gasteiger partial charge in [-0.15, -0.1) is 11.8 Å². The van der Waals surface area contributed by atoms with Gasteiger partial charge >= 0.3 is 5.97 Å². The summed E-state index contributed by atoms with van der Waals surface area (Å²) in [7, 11) is 1.63. The normalized spacial score (nSPS) is 12.0. The summed E-state index contributed by atoms with van der Waals surface area (Å²) in [5.41, 5.74) is 0. The van der Waals surface area contributed by atoms with Crippen LogP contribution in [0, 0.1) is 5.92 Å². The third-order valence-corrected chi connectivity index (χ3v) is 4.58. The Morgan fingerprint density at radius 1 is 1.41 bits per heavy atom. The molecule has 0 N–H and O–H groups in total. The zero-order valence-electron chi connectivity index (χ0n) is 13.8. The second-order valence-corrected chi connectivity index (χ2v) is 6.36. The minimum Gasteiger partial charge on any atom is -0.495 e. The van der Waals surface area contributed by atoms with Gasteiger partial charge in [0, 0.05) is 18.1 Å². The Kier molecular flexibility index (Phi) is 9.71. The fourth-order valence-corrected chi connectivity index (χ4v) is 2.99. The van der Waals surface area contributed by atoms with E-state index in [0.717, 1.165) is 23.5 Å². The van der Waals surface area contributed by atoms with Crippen LogP contribution in [0.4, 0.5) is 0 Å². The van der Waals surface area contributed by atoms with E-state index in [1.165, 1.54) is 12.8 Å². The van der Waals surface area contributed by atoms with E-state index >= 15 is 0 Å². The van der Waals surface area contributed by atoms with E-state index in [2.05, 4.69) is 18.8 Å². The Bertz CT molecular complexity index is 440. The van der Waals surface area contributed by atoms with Gasteiger partial charge in [0.15, 0.2) is 0 Å². The summed E-state index contributed by atoms with van der Waals surface area (Å²) in [4.78, 5) is 16.8. The first-order chi connectivity index (χ1) is 10.7. The highest BCUT2D eigenvalue weighted by Gasteiger charge is 2.11. The lowest BCUT2D eigenvalue weighted by molar-refractivity contribution is -0.144. The number of unbranched alkanes of at least 4 members (excludes halogenated alkanes) is 1. The molecule has 0 fully saturated rings. The second kappa shape index (κ2) is 11.4. The molecule has 0 bridgehead atoms. The lowest BCUT2D eigenvalue weighted by Gasteiger charge is -2.14. The standard InChI is InChI=1S/C17H27NO3S/c1-4-6-7-14(5-2)13-21-17(19)9-11-22-16-12-18-10-8-15(16)20-3/h8,10,12,14H,4-7,9,11,13H2,1-3H3. The van der Waals surface area contributed by atoms with Crippen molar-refractivity contribution in [2.75, 3.05) is 19.5 Å². The molecule has 0 aliphatic heterocycles. The number of carbonyl (C=O) groups is 1. The van der Waals surface area contributed by atoms with Gasteiger partial charge in [0.05, 0.1) is 25.0 Å². The molecular formula is C17H27NO3S. The highest BCUT2D eigenvalue weighted by atomic mass is 32.2. The molecule has 1 unspecified atom stereocenters. The fourth-order valence-electron chi connectivity index (χ4n) is 2.07. The van der Waals surface area contributed by atoms with E-state index in [4.69, 9.17) is 9.47 Å². The van der Waals surface area contributed by atoms with Crippen molar-refractivity contribution >= 4 is 17.7 Å². The molecule has 0 saturated heterocycles. The molecule has 0 saturated carbocycles. The molecule has 0 aliphatic carbocycles. The summed E-state index contributed by atoms with van der Waals surface area (Å²) in [6.45, 7) is 4.89. The van der Waals surface area contributed by atoms with Crippen molar-refractivity contribution in [3.8, 4) is 5.75 Å².